The van der Waals surface area contributed by atoms with Crippen LogP contribution in [-0.4, -0.2) is 50.8 Å². The topological polar surface area (TPSA) is 67.6 Å². The van der Waals surface area contributed by atoms with Gasteiger partial charge in [0.15, 0.2) is 0 Å². The number of likely N-dealkylation sites (N-methyl/N-ethyl adjacent to an activating group) is 1. The molecule has 1 aliphatic rings. The molecule has 1 heterocycles. The van der Waals surface area contributed by atoms with Crippen molar-refractivity contribution in [1.29, 1.82) is 0 Å². The van der Waals surface area contributed by atoms with Gasteiger partial charge in [-0.15, -0.1) is 0 Å². The van der Waals surface area contributed by atoms with Gasteiger partial charge in [0.25, 0.3) is 0 Å². The van der Waals surface area contributed by atoms with Crippen molar-refractivity contribution in [3.05, 3.63) is 0 Å². The molecule has 0 aromatic heterocycles. The molecule has 102 valence electrons. The third-order valence-electron chi connectivity index (χ3n) is 2.58. The summed E-state index contributed by atoms with van der Waals surface area (Å²) in [7, 11) is 2.15. The van der Waals surface area contributed by atoms with Crippen LogP contribution < -0.4 is 11.1 Å². The first-order valence-electron chi connectivity index (χ1n) is 6.48. The molecular formula is C12H27N3O2. The van der Waals surface area contributed by atoms with Crippen molar-refractivity contribution < 1.29 is 9.53 Å². The minimum atomic E-state index is -0.670. The first-order valence-corrected chi connectivity index (χ1v) is 6.48. The molecule has 0 atom stereocenters. The Kier molecular flexibility index (Phi) is 11.1. The van der Waals surface area contributed by atoms with E-state index in [9.17, 15) is 4.79 Å². The van der Waals surface area contributed by atoms with Crippen LogP contribution in [0.25, 0.3) is 0 Å². The van der Waals surface area contributed by atoms with E-state index in [4.69, 9.17) is 5.73 Å². The Morgan fingerprint density at radius 3 is 2.35 bits per heavy atom. The second-order valence-corrected chi connectivity index (χ2v) is 4.28. The van der Waals surface area contributed by atoms with Crippen LogP contribution in [0.5, 0.6) is 0 Å². The van der Waals surface area contributed by atoms with Gasteiger partial charge in [0.2, 0.25) is 0 Å². The summed E-state index contributed by atoms with van der Waals surface area (Å²) in [6, 6.07) is 0. The van der Waals surface area contributed by atoms with Crippen molar-refractivity contribution in [2.75, 3.05) is 39.8 Å². The van der Waals surface area contributed by atoms with Crippen LogP contribution >= 0.6 is 0 Å². The normalized spacial score (nSPS) is 15.9. The van der Waals surface area contributed by atoms with E-state index in [0.717, 1.165) is 25.9 Å². The Balaban J connectivity index is 0.000000318. The molecule has 1 saturated heterocycles. The maximum atomic E-state index is 10.0. The van der Waals surface area contributed by atoms with E-state index in [1.54, 1.807) is 0 Å². The van der Waals surface area contributed by atoms with Crippen LogP contribution in [0.1, 0.15) is 32.6 Å². The average molecular weight is 245 g/mol. The van der Waals surface area contributed by atoms with Gasteiger partial charge in [0, 0.05) is 26.2 Å². The molecule has 1 amide bonds. The van der Waals surface area contributed by atoms with Gasteiger partial charge in [-0.25, -0.2) is 4.79 Å². The molecular weight excluding hydrogens is 218 g/mol. The summed E-state index contributed by atoms with van der Waals surface area (Å²) in [5.74, 6) is 0. The molecule has 1 aliphatic heterocycles. The van der Waals surface area contributed by atoms with Crippen molar-refractivity contribution >= 4 is 6.09 Å². The van der Waals surface area contributed by atoms with E-state index in [-0.39, 0.29) is 0 Å². The van der Waals surface area contributed by atoms with Crippen molar-refractivity contribution in [1.82, 2.24) is 10.2 Å². The number of hydrogen-bond donors (Lipinski definition) is 2. The Morgan fingerprint density at radius 1 is 1.29 bits per heavy atom. The predicted molar refractivity (Wildman–Crippen MR) is 70.0 cm³/mol. The Morgan fingerprint density at radius 2 is 1.94 bits per heavy atom. The van der Waals surface area contributed by atoms with Crippen molar-refractivity contribution in [3.63, 3.8) is 0 Å². The number of hydrogen-bond acceptors (Lipinski definition) is 4. The maximum absolute atomic E-state index is 10.0. The Labute approximate surface area is 105 Å². The van der Waals surface area contributed by atoms with Gasteiger partial charge < -0.3 is 20.7 Å². The van der Waals surface area contributed by atoms with E-state index >= 15 is 0 Å². The second kappa shape index (κ2) is 11.7. The maximum Gasteiger partial charge on any atom is 0.404 e. The molecule has 0 aliphatic carbocycles. The molecule has 3 N–H and O–H groups in total. The van der Waals surface area contributed by atoms with Crippen molar-refractivity contribution in [3.8, 4) is 0 Å². The Bertz CT molecular complexity index is 183. The largest absolute Gasteiger partial charge is 0.450 e. The van der Waals surface area contributed by atoms with E-state index in [1.807, 2.05) is 0 Å². The number of primary amides is 1. The van der Waals surface area contributed by atoms with E-state index < -0.39 is 6.09 Å². The van der Waals surface area contributed by atoms with Crippen LogP contribution in [0.3, 0.4) is 0 Å². The quantitative estimate of drug-likeness (QED) is 0.714. The number of nitrogens with one attached hydrogen (secondary N) is 1. The number of ether oxygens (including phenoxy) is 1. The lowest BCUT2D eigenvalue weighted by Crippen LogP contribution is -2.40. The molecule has 0 radical (unpaired) electrons. The molecule has 1 fully saturated rings. The minimum absolute atomic E-state index is 0.468. The van der Waals surface area contributed by atoms with Crippen LogP contribution in [0.2, 0.25) is 0 Å². The lowest BCUT2D eigenvalue weighted by Gasteiger charge is -2.21. The molecule has 0 aromatic carbocycles. The highest BCUT2D eigenvalue weighted by molar-refractivity contribution is 5.64. The van der Waals surface area contributed by atoms with Gasteiger partial charge in [0.05, 0.1) is 6.61 Å². The summed E-state index contributed by atoms with van der Waals surface area (Å²) in [6.45, 7) is 7.34. The first kappa shape index (κ1) is 16.2. The number of carbonyl (C=O) groups is 1. The SMILES string of the molecule is CCCCCCOC(N)=O.CN1CCNCC1. The third-order valence-corrected chi connectivity index (χ3v) is 2.58. The second-order valence-electron chi connectivity index (χ2n) is 4.28. The zero-order valence-corrected chi connectivity index (χ0v) is 11.2. The molecule has 17 heavy (non-hydrogen) atoms. The fraction of sp³-hybridized carbons (Fsp3) is 0.917. The third kappa shape index (κ3) is 13.1. The average Bonchev–Trinajstić information content (AvgIpc) is 2.30. The van der Waals surface area contributed by atoms with E-state index in [2.05, 4.69) is 28.9 Å². The van der Waals surface area contributed by atoms with Crippen molar-refractivity contribution in [2.24, 2.45) is 5.73 Å². The lowest BCUT2D eigenvalue weighted by molar-refractivity contribution is 0.154. The summed E-state index contributed by atoms with van der Waals surface area (Å²) in [4.78, 5) is 12.4. The highest BCUT2D eigenvalue weighted by Crippen LogP contribution is 1.98. The Hall–Kier alpha value is -0.810. The zero-order valence-electron chi connectivity index (χ0n) is 11.2. The van der Waals surface area contributed by atoms with E-state index in [0.29, 0.717) is 6.61 Å². The van der Waals surface area contributed by atoms with Gasteiger partial charge in [-0.05, 0) is 13.5 Å². The summed E-state index contributed by atoms with van der Waals surface area (Å²) >= 11 is 0. The van der Waals surface area contributed by atoms with Crippen molar-refractivity contribution in [2.45, 2.75) is 32.6 Å². The highest BCUT2D eigenvalue weighted by atomic mass is 16.5. The summed E-state index contributed by atoms with van der Waals surface area (Å²) in [6.07, 6.45) is 3.76. The van der Waals surface area contributed by atoms with Crippen LogP contribution in [0, 0.1) is 0 Å². The fourth-order valence-electron chi connectivity index (χ4n) is 1.48. The fourth-order valence-corrected chi connectivity index (χ4v) is 1.48. The van der Waals surface area contributed by atoms with Gasteiger partial charge >= 0.3 is 6.09 Å². The van der Waals surface area contributed by atoms with Crippen LogP contribution in [0.15, 0.2) is 0 Å². The summed E-state index contributed by atoms with van der Waals surface area (Å²) in [5, 5.41) is 3.27. The number of amides is 1. The number of piperazine rings is 1. The number of carbonyl (C=O) groups excluding carboxylic acids is 1. The van der Waals surface area contributed by atoms with Gasteiger partial charge in [-0.1, -0.05) is 26.2 Å². The molecule has 0 bridgehead atoms. The van der Waals surface area contributed by atoms with E-state index in [1.165, 1.54) is 25.9 Å². The smallest absolute Gasteiger partial charge is 0.404 e. The summed E-state index contributed by atoms with van der Waals surface area (Å²) in [5.41, 5.74) is 4.75. The number of nitrogens with two attached hydrogens (primary N) is 1. The lowest BCUT2D eigenvalue weighted by atomic mass is 10.2. The molecule has 1 rings (SSSR count). The minimum Gasteiger partial charge on any atom is -0.450 e. The van der Waals surface area contributed by atoms with Crippen LogP contribution in [-0.2, 0) is 4.74 Å². The van der Waals surface area contributed by atoms with Gasteiger partial charge in [-0.3, -0.25) is 0 Å². The predicted octanol–water partition coefficient (Wildman–Crippen LogP) is 1.18. The molecule has 0 unspecified atom stereocenters. The number of rotatable bonds is 5. The molecule has 5 heteroatoms. The van der Waals surface area contributed by atoms with Crippen LogP contribution in [0.4, 0.5) is 4.79 Å². The highest BCUT2D eigenvalue weighted by Gasteiger charge is 2.01. The monoisotopic (exact) mass is 245 g/mol. The van der Waals surface area contributed by atoms with Gasteiger partial charge in [-0.2, -0.15) is 0 Å². The first-order chi connectivity index (χ1) is 8.16. The van der Waals surface area contributed by atoms with Gasteiger partial charge in [0.1, 0.15) is 0 Å². The summed E-state index contributed by atoms with van der Waals surface area (Å²) < 4.78 is 4.53. The molecule has 0 aromatic rings. The number of unbranched alkanes of at least 4 members (excludes halogenated alkanes) is 3. The zero-order chi connectivity index (χ0) is 12.9. The molecule has 0 saturated carbocycles. The molecule has 0 spiro atoms. The number of nitrogens with zero attached hydrogens (tertiary/aromatic N) is 1. The standard InChI is InChI=1S/C7H15NO2.C5H12N2/c1-2-3-4-5-6-10-7(8)9;1-7-4-2-6-3-5-7/h2-6H2,1H3,(H2,8,9);6H,2-5H2,1H3. The molecule has 5 nitrogen and oxygen atoms in total.